The molecule has 0 bridgehead atoms. The van der Waals surface area contributed by atoms with Crippen molar-refractivity contribution in [3.8, 4) is 0 Å². The predicted molar refractivity (Wildman–Crippen MR) is 87.0 cm³/mol. The number of rotatable bonds is 8. The van der Waals surface area contributed by atoms with E-state index in [1.165, 1.54) is 13.8 Å². The number of phosphoric acid groups is 3. The summed E-state index contributed by atoms with van der Waals surface area (Å²) in [6.07, 6.45) is 0. The van der Waals surface area contributed by atoms with Crippen molar-refractivity contribution in [2.24, 2.45) is 0 Å². The highest BCUT2D eigenvalue weighted by atomic mass is 31.3. The zero-order chi connectivity index (χ0) is 20.6. The van der Waals surface area contributed by atoms with Crippen LogP contribution >= 0.6 is 48.6 Å². The van der Waals surface area contributed by atoms with Crippen molar-refractivity contribution in [2.45, 2.75) is 13.8 Å². The third-order valence-corrected chi connectivity index (χ3v) is 9.00. The third kappa shape index (κ3) is 11.4. The highest BCUT2D eigenvalue weighted by molar-refractivity contribution is 7.66. The summed E-state index contributed by atoms with van der Waals surface area (Å²) in [6.45, 7) is 2.46. The van der Waals surface area contributed by atoms with Crippen molar-refractivity contribution < 1.29 is 59.2 Å². The Morgan fingerprint density at radius 1 is 1.12 bits per heavy atom. The van der Waals surface area contributed by atoms with E-state index in [0.717, 1.165) is 0 Å². The molecule has 0 fully saturated rings. The van der Waals surface area contributed by atoms with Gasteiger partial charge in [-0.15, -0.1) is 8.51 Å². The molecule has 0 radical (unpaired) electrons. The molecule has 0 saturated heterocycles. The molecule has 0 aliphatic carbocycles. The molecule has 3 atom stereocenters. The fourth-order valence-corrected chi connectivity index (χ4v) is 7.29. The summed E-state index contributed by atoms with van der Waals surface area (Å²) in [6, 6.07) is 0. The average molecular weight is 507 g/mol. The van der Waals surface area contributed by atoms with Gasteiger partial charge in [-0.25, -0.2) is 13.7 Å². The molecule has 0 aliphatic heterocycles. The lowest BCUT2D eigenvalue weighted by Crippen LogP contribution is -2.00. The quantitative estimate of drug-likeness (QED) is 0.435. The van der Waals surface area contributed by atoms with E-state index in [4.69, 9.17) is 14.7 Å². The molecule has 1 rings (SSSR count). The van der Waals surface area contributed by atoms with Crippen molar-refractivity contribution in [1.29, 1.82) is 0 Å². The van der Waals surface area contributed by atoms with E-state index in [9.17, 15) is 26.9 Å². The summed E-state index contributed by atoms with van der Waals surface area (Å²) in [7, 11) is -18.6. The molecule has 0 aromatic carbocycles. The zero-order valence-corrected chi connectivity index (χ0v) is 18.3. The van der Waals surface area contributed by atoms with E-state index in [-0.39, 0.29) is 30.4 Å². The number of hydrogen-bond acceptors (Lipinski definition) is 8. The van der Waals surface area contributed by atoms with Crippen molar-refractivity contribution in [3.63, 3.8) is 0 Å². The highest BCUT2D eigenvalue weighted by Gasteiger charge is 2.42. The second kappa shape index (κ2) is 11.5. The summed E-state index contributed by atoms with van der Waals surface area (Å²) in [5.74, 6) is 0. The van der Waals surface area contributed by atoms with Gasteiger partial charge in [0, 0.05) is 0 Å². The molecule has 3 unspecified atom stereocenters. The van der Waals surface area contributed by atoms with Gasteiger partial charge < -0.3 is 14.7 Å². The Hall–Kier alpha value is 0.500. The smallest absolute Gasteiger partial charge is 0.302 e. The minimum Gasteiger partial charge on any atom is -0.302 e. The maximum Gasteiger partial charge on any atom is 0.490 e. The van der Waals surface area contributed by atoms with Crippen LogP contribution in [0.4, 0.5) is 13.2 Å². The molecule has 3 N–H and O–H groups in total. The van der Waals surface area contributed by atoms with E-state index < -0.39 is 40.1 Å². The Labute approximate surface area is 148 Å². The lowest BCUT2D eigenvalue weighted by molar-refractivity contribution is 0.146. The lowest BCUT2D eigenvalue weighted by atomic mass is 10.9. The van der Waals surface area contributed by atoms with Crippen LogP contribution in [0.15, 0.2) is 0 Å². The summed E-state index contributed by atoms with van der Waals surface area (Å²) in [5.41, 5.74) is 0. The maximum atomic E-state index is 12.1. The average Bonchev–Trinajstić information content (AvgIpc) is 2.42. The van der Waals surface area contributed by atoms with Crippen LogP contribution in [0.25, 0.3) is 0 Å². The predicted octanol–water partition coefficient (Wildman–Crippen LogP) is 4.00. The van der Waals surface area contributed by atoms with Gasteiger partial charge in [-0.05, 0) is 13.8 Å². The van der Waals surface area contributed by atoms with Crippen molar-refractivity contribution >= 4 is 48.6 Å². The van der Waals surface area contributed by atoms with Crippen molar-refractivity contribution in [1.82, 2.24) is 13.1 Å². The normalized spacial score (nSPS) is 15.6. The fraction of sp³-hybridized carbons (Fsp3) is 1.00. The molecule has 1 heterocycles. The van der Waals surface area contributed by atoms with Crippen LogP contribution in [0.2, 0.25) is 0 Å². The first-order chi connectivity index (χ1) is 11.8. The molecule has 13 nitrogen and oxygen atoms in total. The van der Waals surface area contributed by atoms with Gasteiger partial charge in [-0.2, -0.15) is 13.1 Å². The van der Waals surface area contributed by atoms with E-state index in [2.05, 4.69) is 22.2 Å². The van der Waals surface area contributed by atoms with E-state index in [1.807, 2.05) is 0 Å². The van der Waals surface area contributed by atoms with Crippen LogP contribution in [0.1, 0.15) is 13.8 Å². The SMILES string of the molecule is CCOP(=O)(OCC)OP(=O)(O)OP(=O)(O)O.Fn1pn[pH]n(F)p1F. The van der Waals surface area contributed by atoms with Crippen molar-refractivity contribution in [3.05, 3.63) is 0 Å². The number of hydrogen-bond donors (Lipinski definition) is 3. The second-order valence-electron chi connectivity index (χ2n) is 3.44. The van der Waals surface area contributed by atoms with Gasteiger partial charge in [-0.1, -0.05) is 13.3 Å². The fourth-order valence-electron chi connectivity index (χ4n) is 0.905. The van der Waals surface area contributed by atoms with Gasteiger partial charge in [0.05, 0.1) is 21.7 Å². The van der Waals surface area contributed by atoms with Crippen LogP contribution in [0.5, 0.6) is 0 Å². The van der Waals surface area contributed by atoms with E-state index in [1.54, 1.807) is 0 Å². The number of nitrogens with zero attached hydrogens (tertiary/aromatic N) is 3. The molecular weight excluding hydrogens is 493 g/mol. The lowest BCUT2D eigenvalue weighted by Gasteiger charge is -2.18. The highest BCUT2D eigenvalue weighted by Crippen LogP contribution is 2.68. The Kier molecular flexibility index (Phi) is 11.7. The summed E-state index contributed by atoms with van der Waals surface area (Å²) in [5, 5.41) is 0. The maximum absolute atomic E-state index is 12.1. The summed E-state index contributed by atoms with van der Waals surface area (Å²) >= 11 is 0. The van der Waals surface area contributed by atoms with E-state index >= 15 is 0 Å². The third-order valence-electron chi connectivity index (χ3n) is 1.51. The van der Waals surface area contributed by atoms with Crippen LogP contribution < -0.4 is 0 Å². The Bertz CT molecular complexity index is 704. The molecule has 1 aromatic rings. The van der Waals surface area contributed by atoms with E-state index in [0.29, 0.717) is 0 Å². The number of aromatic nitrogens is 3. The largest absolute Gasteiger partial charge is 0.490 e. The van der Waals surface area contributed by atoms with Gasteiger partial charge in [0.2, 0.25) is 0 Å². The molecule has 156 valence electrons. The second-order valence-corrected chi connectivity index (χ2v) is 11.9. The first-order valence-electron chi connectivity index (χ1n) is 5.99. The van der Waals surface area contributed by atoms with Gasteiger partial charge in [-0.3, -0.25) is 9.05 Å². The Morgan fingerprint density at radius 3 is 1.96 bits per heavy atom. The first-order valence-corrected chi connectivity index (χ1v) is 13.3. The van der Waals surface area contributed by atoms with Gasteiger partial charge in [0.15, 0.2) is 8.51 Å². The van der Waals surface area contributed by atoms with Crippen LogP contribution in [0, 0.1) is 0 Å². The first kappa shape index (κ1) is 26.5. The molecule has 0 spiro atoms. The summed E-state index contributed by atoms with van der Waals surface area (Å²) in [4.78, 5) is 25.6. The van der Waals surface area contributed by atoms with Crippen LogP contribution in [-0.4, -0.2) is 41.0 Å². The number of phosphoric ester groups is 1. The molecule has 26 heavy (non-hydrogen) atoms. The Balaban J connectivity index is 0.000000577. The molecular formula is C4H14F3N3O10P6. The standard InChI is InChI=1S/C4H13O10P3.F3HN3P3/c1-3-11-17(10,12-4-2)14-16(8,9)13-15(5,6)7;1-5-7-4-8-6(2)9(5)3/h3-4H2,1-2H3,(H,8,9)(H2,5,6,7);7H. The molecule has 0 aliphatic rings. The van der Waals surface area contributed by atoms with Crippen LogP contribution in [0.3, 0.4) is 0 Å². The molecule has 0 saturated carbocycles. The molecule has 0 amide bonds. The number of halogens is 3. The Morgan fingerprint density at radius 2 is 1.62 bits per heavy atom. The zero-order valence-electron chi connectivity index (χ0n) is 12.8. The van der Waals surface area contributed by atoms with Gasteiger partial charge in [0.25, 0.3) is 8.16 Å². The molecule has 1 aromatic heterocycles. The minimum absolute atomic E-state index is 0.138. The molecule has 22 heteroatoms. The van der Waals surface area contributed by atoms with Crippen molar-refractivity contribution in [2.75, 3.05) is 13.2 Å². The van der Waals surface area contributed by atoms with Gasteiger partial charge >= 0.3 is 23.5 Å². The van der Waals surface area contributed by atoms with Crippen LogP contribution in [-0.2, 0) is 31.4 Å². The summed E-state index contributed by atoms with van der Waals surface area (Å²) < 4.78 is 88.1. The van der Waals surface area contributed by atoms with Gasteiger partial charge in [0.1, 0.15) is 0 Å². The minimum atomic E-state index is -5.28. The topological polar surface area (TPSA) is 172 Å². The monoisotopic (exact) mass is 507 g/mol.